The van der Waals surface area contributed by atoms with Gasteiger partial charge in [0.2, 0.25) is 5.95 Å². The number of imidazole rings is 1. The highest BCUT2D eigenvalue weighted by Crippen LogP contribution is 2.36. The number of amides is 1. The van der Waals surface area contributed by atoms with Crippen molar-refractivity contribution in [3.8, 4) is 11.3 Å². The van der Waals surface area contributed by atoms with E-state index in [4.69, 9.17) is 0 Å². The molecule has 3 heterocycles. The summed E-state index contributed by atoms with van der Waals surface area (Å²) in [5, 5.41) is 13.5. The van der Waals surface area contributed by atoms with E-state index < -0.39 is 17.6 Å². The van der Waals surface area contributed by atoms with Gasteiger partial charge in [-0.1, -0.05) is 25.1 Å². The number of aryl methyl sites for hydroxylation is 2. The van der Waals surface area contributed by atoms with Crippen molar-refractivity contribution in [1.82, 2.24) is 29.8 Å². The quantitative estimate of drug-likeness (QED) is 0.499. The molecule has 0 atom stereocenters. The predicted molar refractivity (Wildman–Crippen MR) is 106 cm³/mol. The molecular weight excluding hydrogens is 411 g/mol. The molecule has 0 spiro atoms. The van der Waals surface area contributed by atoms with Gasteiger partial charge < -0.3 is 0 Å². The fourth-order valence-electron chi connectivity index (χ4n) is 3.26. The molecule has 11 heteroatoms. The van der Waals surface area contributed by atoms with Crippen molar-refractivity contribution < 1.29 is 18.0 Å². The Morgan fingerprint density at radius 1 is 1.16 bits per heavy atom. The van der Waals surface area contributed by atoms with E-state index in [0.29, 0.717) is 23.6 Å². The van der Waals surface area contributed by atoms with Crippen molar-refractivity contribution in [3.63, 3.8) is 0 Å². The lowest BCUT2D eigenvalue weighted by Crippen LogP contribution is -2.18. The average Bonchev–Trinajstić information content (AvgIpc) is 3.29. The Kier molecular flexibility index (Phi) is 5.17. The predicted octanol–water partition coefficient (Wildman–Crippen LogP) is 4.05. The number of halogens is 3. The van der Waals surface area contributed by atoms with Crippen LogP contribution in [-0.2, 0) is 12.6 Å². The number of benzene rings is 1. The molecule has 0 aliphatic heterocycles. The van der Waals surface area contributed by atoms with Crippen LogP contribution in [0.1, 0.15) is 40.9 Å². The van der Waals surface area contributed by atoms with Gasteiger partial charge in [-0.2, -0.15) is 28.4 Å². The largest absolute Gasteiger partial charge is 0.417 e. The van der Waals surface area contributed by atoms with Crippen molar-refractivity contribution in [3.05, 3.63) is 59.2 Å². The van der Waals surface area contributed by atoms with Crippen LogP contribution in [0.15, 0.2) is 36.4 Å². The summed E-state index contributed by atoms with van der Waals surface area (Å²) in [5.41, 5.74) is -0.0323. The highest BCUT2D eigenvalue weighted by Gasteiger charge is 2.34. The number of rotatable bonds is 5. The number of fused-ring (bicyclic) bond motifs is 1. The summed E-state index contributed by atoms with van der Waals surface area (Å²) in [6, 6.07) is 8.11. The number of carbonyl (C=O) groups is 1. The van der Waals surface area contributed by atoms with Crippen LogP contribution in [0.3, 0.4) is 0 Å². The van der Waals surface area contributed by atoms with E-state index in [1.807, 2.05) is 6.92 Å². The van der Waals surface area contributed by atoms with Crippen molar-refractivity contribution >= 4 is 17.5 Å². The second-order valence-electron chi connectivity index (χ2n) is 6.88. The molecule has 31 heavy (non-hydrogen) atoms. The van der Waals surface area contributed by atoms with Crippen LogP contribution < -0.4 is 5.32 Å². The lowest BCUT2D eigenvalue weighted by Gasteiger charge is -2.12. The summed E-state index contributed by atoms with van der Waals surface area (Å²) < 4.78 is 41.5. The van der Waals surface area contributed by atoms with Crippen LogP contribution in [-0.4, -0.2) is 35.7 Å². The Morgan fingerprint density at radius 3 is 2.68 bits per heavy atom. The monoisotopic (exact) mass is 429 g/mol. The zero-order valence-corrected chi connectivity index (χ0v) is 16.7. The number of aromatic nitrogens is 6. The van der Waals surface area contributed by atoms with Gasteiger partial charge in [0, 0.05) is 12.0 Å². The first kappa shape index (κ1) is 20.5. The van der Waals surface area contributed by atoms with E-state index in [1.54, 1.807) is 6.92 Å². The minimum atomic E-state index is -4.54. The van der Waals surface area contributed by atoms with Crippen LogP contribution in [0, 0.1) is 6.92 Å². The third-order valence-electron chi connectivity index (χ3n) is 4.61. The zero-order valence-electron chi connectivity index (χ0n) is 16.7. The highest BCUT2D eigenvalue weighted by atomic mass is 19.4. The minimum absolute atomic E-state index is 0.0665. The highest BCUT2D eigenvalue weighted by molar-refractivity contribution is 6.03. The molecule has 160 valence electrons. The number of nitrogens with one attached hydrogen (secondary N) is 2. The maximum atomic E-state index is 13.4. The number of alkyl halides is 3. The summed E-state index contributed by atoms with van der Waals surface area (Å²) in [6.45, 7) is 3.60. The molecule has 0 aliphatic rings. The van der Waals surface area contributed by atoms with Crippen LogP contribution in [0.25, 0.3) is 16.9 Å². The molecule has 4 rings (SSSR count). The molecule has 4 aromatic rings. The summed E-state index contributed by atoms with van der Waals surface area (Å²) in [5.74, 6) is 0.177. The molecule has 0 radical (unpaired) electrons. The number of nitrogens with zero attached hydrogens (tertiary/aromatic N) is 5. The van der Waals surface area contributed by atoms with Gasteiger partial charge in [-0.25, -0.2) is 14.6 Å². The average molecular weight is 429 g/mol. The summed E-state index contributed by atoms with van der Waals surface area (Å²) in [6.07, 6.45) is -3.03. The van der Waals surface area contributed by atoms with E-state index in [2.05, 4.69) is 30.6 Å². The topological polar surface area (TPSA) is 101 Å². The summed E-state index contributed by atoms with van der Waals surface area (Å²) in [4.78, 5) is 21.3. The van der Waals surface area contributed by atoms with Gasteiger partial charge in [0.25, 0.3) is 5.91 Å². The van der Waals surface area contributed by atoms with E-state index in [9.17, 15) is 18.0 Å². The Balaban J connectivity index is 1.74. The molecule has 0 bridgehead atoms. The molecule has 0 saturated heterocycles. The number of anilines is 1. The molecule has 2 N–H and O–H groups in total. The van der Waals surface area contributed by atoms with E-state index >= 15 is 0 Å². The lowest BCUT2D eigenvalue weighted by atomic mass is 10.0. The van der Waals surface area contributed by atoms with Crippen LogP contribution >= 0.6 is 0 Å². The van der Waals surface area contributed by atoms with E-state index in [0.717, 1.165) is 12.5 Å². The van der Waals surface area contributed by atoms with Gasteiger partial charge in [0.05, 0.1) is 17.0 Å². The fraction of sp³-hybridized carbons (Fsp3) is 0.250. The van der Waals surface area contributed by atoms with Crippen LogP contribution in [0.5, 0.6) is 0 Å². The van der Waals surface area contributed by atoms with Crippen molar-refractivity contribution in [2.45, 2.75) is 32.9 Å². The molecular formula is C20H18F3N7O. The van der Waals surface area contributed by atoms with Gasteiger partial charge in [-0.3, -0.25) is 10.1 Å². The number of hydrogen-bond donors (Lipinski definition) is 2. The molecule has 0 saturated carbocycles. The molecule has 1 amide bonds. The molecule has 8 nitrogen and oxygen atoms in total. The normalized spacial score (nSPS) is 11.8. The first-order valence-electron chi connectivity index (χ1n) is 9.53. The van der Waals surface area contributed by atoms with Gasteiger partial charge >= 0.3 is 6.18 Å². The van der Waals surface area contributed by atoms with Crippen molar-refractivity contribution in [1.29, 1.82) is 0 Å². The van der Waals surface area contributed by atoms with Gasteiger partial charge in [0.1, 0.15) is 0 Å². The standard InChI is InChI=1S/C20H18F3N7O/c1-3-6-15-25-19(28-27-15)26-18(31)17-11(2)24-16-10-9-14(29-30(16)17)12-7-4-5-8-13(12)20(21,22)23/h4-5,7-10H,3,6H2,1-2H3,(H2,25,26,27,28,31). The molecule has 0 aliphatic carbocycles. The Bertz CT molecular complexity index is 1260. The second kappa shape index (κ2) is 7.82. The molecule has 1 aromatic carbocycles. The Hall–Kier alpha value is -3.76. The Morgan fingerprint density at radius 2 is 1.94 bits per heavy atom. The third-order valence-corrected chi connectivity index (χ3v) is 4.61. The number of hydrogen-bond acceptors (Lipinski definition) is 5. The minimum Gasteiger partial charge on any atom is -0.289 e. The number of carbonyl (C=O) groups excluding carboxylic acids is 1. The van der Waals surface area contributed by atoms with Gasteiger partial charge in [-0.05, 0) is 31.5 Å². The van der Waals surface area contributed by atoms with Gasteiger partial charge in [-0.15, -0.1) is 0 Å². The third kappa shape index (κ3) is 3.98. The zero-order chi connectivity index (χ0) is 22.2. The molecule has 0 unspecified atom stereocenters. The van der Waals surface area contributed by atoms with E-state index in [1.165, 1.54) is 34.8 Å². The van der Waals surface area contributed by atoms with Crippen LogP contribution in [0.2, 0.25) is 0 Å². The van der Waals surface area contributed by atoms with Crippen LogP contribution in [0.4, 0.5) is 19.1 Å². The number of H-pyrrole nitrogens is 1. The number of aromatic amines is 1. The maximum absolute atomic E-state index is 13.4. The maximum Gasteiger partial charge on any atom is 0.417 e. The molecule has 0 fully saturated rings. The SMILES string of the molecule is CCCc1n[nH]c(NC(=O)c2c(C)nc3ccc(-c4ccccc4C(F)(F)F)nn23)n1. The second-order valence-corrected chi connectivity index (χ2v) is 6.88. The summed E-state index contributed by atoms with van der Waals surface area (Å²) >= 11 is 0. The Labute approximate surface area is 174 Å². The fourth-order valence-corrected chi connectivity index (χ4v) is 3.26. The van der Waals surface area contributed by atoms with Gasteiger partial charge in [0.15, 0.2) is 17.2 Å². The van der Waals surface area contributed by atoms with Crippen molar-refractivity contribution in [2.75, 3.05) is 5.32 Å². The van der Waals surface area contributed by atoms with E-state index in [-0.39, 0.29) is 22.9 Å². The summed E-state index contributed by atoms with van der Waals surface area (Å²) in [7, 11) is 0. The first-order valence-corrected chi connectivity index (χ1v) is 9.53. The smallest absolute Gasteiger partial charge is 0.289 e. The van der Waals surface area contributed by atoms with Crippen molar-refractivity contribution in [2.24, 2.45) is 0 Å². The first-order chi connectivity index (χ1) is 14.8. The molecule has 3 aromatic heterocycles. The lowest BCUT2D eigenvalue weighted by molar-refractivity contribution is -0.137.